The molecule has 0 saturated heterocycles. The summed E-state index contributed by atoms with van der Waals surface area (Å²) in [5.74, 6) is 0. The molecule has 0 amide bonds. The Balaban J connectivity index is 1.24. The molecule has 5 rings (SSSR count). The molecule has 0 saturated carbocycles. The normalized spacial score (nSPS) is 21.4. The molecule has 4 aliphatic rings. The highest BCUT2D eigenvalue weighted by Crippen LogP contribution is 2.68. The topological polar surface area (TPSA) is 0 Å². The third kappa shape index (κ3) is 4.22. The fourth-order valence-electron chi connectivity index (χ4n) is 2.29. The first kappa shape index (κ1) is 18.5. The van der Waals surface area contributed by atoms with Gasteiger partial charge >= 0.3 is 0 Å². The van der Waals surface area contributed by atoms with Gasteiger partial charge in [-0.2, -0.15) is 0 Å². The summed E-state index contributed by atoms with van der Waals surface area (Å²) >= 11 is 15.0. The van der Waals surface area contributed by atoms with Crippen molar-refractivity contribution in [2.45, 2.75) is 0 Å². The summed E-state index contributed by atoms with van der Waals surface area (Å²) in [6.45, 7) is 0. The van der Waals surface area contributed by atoms with Crippen LogP contribution in [0.25, 0.3) is 12.2 Å². The van der Waals surface area contributed by atoms with Gasteiger partial charge in [0.2, 0.25) is 0 Å². The van der Waals surface area contributed by atoms with Crippen molar-refractivity contribution in [1.29, 1.82) is 0 Å². The summed E-state index contributed by atoms with van der Waals surface area (Å²) < 4.78 is 8.49. The minimum Gasteiger partial charge on any atom is -0.0902 e. The van der Waals surface area contributed by atoms with Gasteiger partial charge in [0.15, 0.2) is 0 Å². The van der Waals surface area contributed by atoms with Gasteiger partial charge in [-0.15, -0.1) is 0 Å². The number of hydrogen-bond acceptors (Lipinski definition) is 8. The van der Waals surface area contributed by atoms with E-state index in [4.69, 9.17) is 0 Å². The summed E-state index contributed by atoms with van der Waals surface area (Å²) in [4.78, 5) is 0. The van der Waals surface area contributed by atoms with Crippen molar-refractivity contribution in [1.82, 2.24) is 0 Å². The molecular weight excluding hydrogens is 473 g/mol. The van der Waals surface area contributed by atoms with Crippen LogP contribution in [0.15, 0.2) is 71.3 Å². The molecule has 8 heteroatoms. The van der Waals surface area contributed by atoms with Crippen LogP contribution < -0.4 is 0 Å². The monoisotopic (exact) mass is 482 g/mol. The van der Waals surface area contributed by atoms with Crippen molar-refractivity contribution in [3.05, 3.63) is 82.4 Å². The fraction of sp³-hybridized carbons (Fsp3) is 0. The van der Waals surface area contributed by atoms with E-state index in [2.05, 4.69) is 58.0 Å². The molecule has 130 valence electrons. The van der Waals surface area contributed by atoms with E-state index in [9.17, 15) is 0 Å². The lowest BCUT2D eigenvalue weighted by Crippen LogP contribution is -1.76. The Hall–Kier alpha value is 0.460. The van der Waals surface area contributed by atoms with Crippen molar-refractivity contribution >= 4 is 106 Å². The highest BCUT2D eigenvalue weighted by atomic mass is 32.3. The predicted octanol–water partition coefficient (Wildman–Crippen LogP) is 9.40. The lowest BCUT2D eigenvalue weighted by atomic mass is 10.1. The van der Waals surface area contributed by atoms with Crippen molar-refractivity contribution in [3.8, 4) is 0 Å². The summed E-state index contributed by atoms with van der Waals surface area (Å²) in [5.41, 5.74) is 2.54. The van der Waals surface area contributed by atoms with Crippen molar-refractivity contribution < 1.29 is 0 Å². The van der Waals surface area contributed by atoms with Crippen LogP contribution in [-0.4, -0.2) is 0 Å². The quantitative estimate of drug-likeness (QED) is 0.403. The maximum atomic E-state index is 2.31. The van der Waals surface area contributed by atoms with Gasteiger partial charge in [-0.3, -0.25) is 0 Å². The molecule has 0 aromatic heterocycles. The zero-order valence-corrected chi connectivity index (χ0v) is 19.6. The van der Waals surface area contributed by atoms with Crippen LogP contribution in [-0.2, 0) is 0 Å². The van der Waals surface area contributed by atoms with Crippen molar-refractivity contribution in [2.24, 2.45) is 0 Å². The van der Waals surface area contributed by atoms with Crippen LogP contribution in [0.2, 0.25) is 0 Å². The van der Waals surface area contributed by atoms with Gasteiger partial charge in [0, 0.05) is 4.24 Å². The van der Waals surface area contributed by atoms with Crippen LogP contribution in [0.1, 0.15) is 11.1 Å². The number of benzene rings is 1. The number of hydrogen-bond donors (Lipinski definition) is 0. The second kappa shape index (κ2) is 8.45. The molecule has 0 unspecified atom stereocenters. The third-order valence-corrected chi connectivity index (χ3v) is 13.6. The van der Waals surface area contributed by atoms with Crippen LogP contribution in [0.4, 0.5) is 0 Å². The smallest absolute Gasteiger partial charge is 0.0717 e. The van der Waals surface area contributed by atoms with Crippen molar-refractivity contribution in [2.75, 3.05) is 0 Å². The summed E-state index contributed by atoms with van der Waals surface area (Å²) in [6, 6.07) is 8.84. The summed E-state index contributed by atoms with van der Waals surface area (Å²) in [5, 5.41) is 8.61. The molecule has 0 bridgehead atoms. The third-order valence-electron chi connectivity index (χ3n) is 3.43. The first-order valence-electron chi connectivity index (χ1n) is 7.54. The Morgan fingerprint density at radius 2 is 0.923 bits per heavy atom. The zero-order valence-electron chi connectivity index (χ0n) is 13.0. The largest absolute Gasteiger partial charge is 0.0902 e. The van der Waals surface area contributed by atoms with E-state index in [0.717, 1.165) is 0 Å². The van der Waals surface area contributed by atoms with E-state index >= 15 is 0 Å². The standard InChI is InChI=1S/C18H10S8/c1-3-12(4-2-11(1)9-13-19-5-6-20-13)10-14-23-17-18(24-14)26-16(25-17)15-21-7-8-22-15/h1-10H. The van der Waals surface area contributed by atoms with Crippen LogP contribution in [0, 0.1) is 0 Å². The van der Waals surface area contributed by atoms with E-state index in [1.54, 1.807) is 23.5 Å². The second-order valence-electron chi connectivity index (χ2n) is 5.17. The van der Waals surface area contributed by atoms with Gasteiger partial charge in [0.05, 0.1) is 21.2 Å². The molecule has 0 aliphatic carbocycles. The van der Waals surface area contributed by atoms with Crippen LogP contribution in [0.3, 0.4) is 0 Å². The fourth-order valence-corrected chi connectivity index (χ4v) is 12.4. The molecule has 4 aliphatic heterocycles. The first-order chi connectivity index (χ1) is 12.8. The van der Waals surface area contributed by atoms with Crippen molar-refractivity contribution in [3.63, 3.8) is 0 Å². The highest BCUT2D eigenvalue weighted by molar-refractivity contribution is 8.49. The SMILES string of the molecule is C1=CSC(=Cc2ccc(C=C3SC4=C(S3)SC(=C3SC=CS3)S4)cc2)S1. The number of rotatable bonds is 2. The Morgan fingerprint density at radius 1 is 0.462 bits per heavy atom. The lowest BCUT2D eigenvalue weighted by molar-refractivity contribution is 1.62. The molecule has 0 radical (unpaired) electrons. The van der Waals surface area contributed by atoms with Gasteiger partial charge in [-0.05, 0) is 44.9 Å². The molecular formula is C18H10S8. The molecule has 26 heavy (non-hydrogen) atoms. The molecule has 0 atom stereocenters. The number of thioether (sulfide) groups is 8. The Labute approximate surface area is 187 Å². The molecule has 0 nitrogen and oxygen atoms in total. The van der Waals surface area contributed by atoms with Crippen LogP contribution in [0.5, 0.6) is 0 Å². The zero-order chi connectivity index (χ0) is 17.3. The Kier molecular flexibility index (Phi) is 6.01. The molecule has 0 fully saturated rings. The molecule has 0 spiro atoms. The summed E-state index contributed by atoms with van der Waals surface area (Å²) in [7, 11) is 0. The van der Waals surface area contributed by atoms with Gasteiger partial charge < -0.3 is 0 Å². The van der Waals surface area contributed by atoms with E-state index in [1.807, 2.05) is 70.6 Å². The van der Waals surface area contributed by atoms with E-state index in [0.29, 0.717) is 0 Å². The average Bonchev–Trinajstić information content (AvgIpc) is 3.41. The first-order valence-corrected chi connectivity index (χ1v) is 14.3. The predicted molar refractivity (Wildman–Crippen MR) is 135 cm³/mol. The van der Waals surface area contributed by atoms with Crippen LogP contribution >= 0.6 is 94.1 Å². The molecule has 1 aromatic rings. The molecule has 0 N–H and O–H groups in total. The lowest BCUT2D eigenvalue weighted by Gasteiger charge is -2.05. The van der Waals surface area contributed by atoms with Gasteiger partial charge in [0.25, 0.3) is 0 Å². The van der Waals surface area contributed by atoms with Gasteiger partial charge in [0.1, 0.15) is 0 Å². The minimum atomic E-state index is 1.26. The highest BCUT2D eigenvalue weighted by Gasteiger charge is 2.32. The molecule has 1 aromatic carbocycles. The van der Waals surface area contributed by atoms with Gasteiger partial charge in [-0.25, -0.2) is 0 Å². The molecule has 4 heterocycles. The van der Waals surface area contributed by atoms with E-state index < -0.39 is 0 Å². The minimum absolute atomic E-state index is 1.26. The van der Waals surface area contributed by atoms with E-state index in [-0.39, 0.29) is 0 Å². The Morgan fingerprint density at radius 3 is 1.50 bits per heavy atom. The maximum absolute atomic E-state index is 2.31. The van der Waals surface area contributed by atoms with E-state index in [1.165, 1.54) is 36.5 Å². The Bertz CT molecular complexity index is 888. The summed E-state index contributed by atoms with van der Waals surface area (Å²) in [6.07, 6.45) is 4.55. The average molecular weight is 483 g/mol. The second-order valence-corrected chi connectivity index (χ2v) is 14.6. The maximum Gasteiger partial charge on any atom is 0.0717 e. The van der Waals surface area contributed by atoms with Gasteiger partial charge in [-0.1, -0.05) is 118 Å².